The smallest absolute Gasteiger partial charge is 0.408 e. The van der Waals surface area contributed by atoms with Crippen molar-refractivity contribution in [1.29, 1.82) is 0 Å². The molecule has 0 heterocycles. The zero-order valence-corrected chi connectivity index (χ0v) is 15.4. The average Bonchev–Trinajstić information content (AvgIpc) is 2.70. The number of hydrogen-bond acceptors (Lipinski definition) is 5. The number of ether oxygens (including phenoxy) is 1. The first kappa shape index (κ1) is 20.9. The molecule has 0 fully saturated rings. The predicted molar refractivity (Wildman–Crippen MR) is 104 cm³/mol. The van der Waals surface area contributed by atoms with Crippen LogP contribution >= 0.6 is 0 Å². The first-order valence-electron chi connectivity index (χ1n) is 8.87. The van der Waals surface area contributed by atoms with Crippen molar-refractivity contribution in [3.05, 3.63) is 71.8 Å². The SMILES string of the molecule is NC(=O)CCNNC(=O)[C@H](Cc1ccccc1)NC(=O)OCc1ccccc1. The topological polar surface area (TPSA) is 123 Å². The summed E-state index contributed by atoms with van der Waals surface area (Å²) in [7, 11) is 0. The highest BCUT2D eigenvalue weighted by atomic mass is 16.5. The third-order valence-corrected chi connectivity index (χ3v) is 3.81. The van der Waals surface area contributed by atoms with E-state index in [9.17, 15) is 14.4 Å². The van der Waals surface area contributed by atoms with Gasteiger partial charge in [0.15, 0.2) is 0 Å². The maximum Gasteiger partial charge on any atom is 0.408 e. The third kappa shape index (κ3) is 7.88. The van der Waals surface area contributed by atoms with Crippen LogP contribution in [0.15, 0.2) is 60.7 Å². The molecule has 0 aliphatic heterocycles. The van der Waals surface area contributed by atoms with E-state index in [-0.39, 0.29) is 26.0 Å². The van der Waals surface area contributed by atoms with Crippen LogP contribution in [0, 0.1) is 0 Å². The predicted octanol–water partition coefficient (Wildman–Crippen LogP) is 1.02. The number of hydrogen-bond donors (Lipinski definition) is 4. The molecular weight excluding hydrogens is 360 g/mol. The number of nitrogens with one attached hydrogen (secondary N) is 3. The molecule has 2 aromatic rings. The molecule has 0 bridgehead atoms. The monoisotopic (exact) mass is 384 g/mol. The quantitative estimate of drug-likeness (QED) is 0.360. The minimum absolute atomic E-state index is 0.0795. The summed E-state index contributed by atoms with van der Waals surface area (Å²) in [5.74, 6) is -0.935. The molecule has 8 heteroatoms. The Morgan fingerprint density at radius 3 is 2.14 bits per heavy atom. The van der Waals surface area contributed by atoms with Crippen molar-refractivity contribution >= 4 is 17.9 Å². The van der Waals surface area contributed by atoms with Gasteiger partial charge in [-0.3, -0.25) is 15.0 Å². The first-order chi connectivity index (χ1) is 13.5. The Labute approximate surface area is 163 Å². The second kappa shape index (κ2) is 11.3. The maximum absolute atomic E-state index is 12.4. The van der Waals surface area contributed by atoms with Crippen LogP contribution in [0.4, 0.5) is 4.79 Å². The molecule has 3 amide bonds. The van der Waals surface area contributed by atoms with E-state index in [4.69, 9.17) is 10.5 Å². The molecule has 0 spiro atoms. The second-order valence-corrected chi connectivity index (χ2v) is 6.08. The lowest BCUT2D eigenvalue weighted by molar-refractivity contribution is -0.124. The van der Waals surface area contributed by atoms with Crippen LogP contribution in [-0.4, -0.2) is 30.5 Å². The van der Waals surface area contributed by atoms with Crippen molar-refractivity contribution in [2.45, 2.75) is 25.5 Å². The van der Waals surface area contributed by atoms with Gasteiger partial charge in [0.2, 0.25) is 5.91 Å². The lowest BCUT2D eigenvalue weighted by atomic mass is 10.1. The first-order valence-corrected chi connectivity index (χ1v) is 8.87. The van der Waals surface area contributed by atoms with Gasteiger partial charge in [-0.15, -0.1) is 0 Å². The van der Waals surface area contributed by atoms with E-state index in [0.29, 0.717) is 0 Å². The lowest BCUT2D eigenvalue weighted by Gasteiger charge is -2.19. The number of benzene rings is 2. The van der Waals surface area contributed by atoms with Crippen molar-refractivity contribution in [1.82, 2.24) is 16.2 Å². The molecule has 0 radical (unpaired) electrons. The Morgan fingerprint density at radius 1 is 0.929 bits per heavy atom. The van der Waals surface area contributed by atoms with Crippen LogP contribution in [0.3, 0.4) is 0 Å². The highest BCUT2D eigenvalue weighted by molar-refractivity contribution is 5.85. The molecule has 0 aliphatic rings. The standard InChI is InChI=1S/C20H24N4O4/c21-18(25)11-12-22-24-19(26)17(13-15-7-3-1-4-8-15)23-20(27)28-14-16-9-5-2-6-10-16/h1-10,17,22H,11-14H2,(H2,21,25)(H,23,27)(H,24,26)/t17-/m0/s1. The molecule has 2 rings (SSSR count). The van der Waals surface area contributed by atoms with Gasteiger partial charge < -0.3 is 15.8 Å². The summed E-state index contributed by atoms with van der Waals surface area (Å²) in [6, 6.07) is 17.7. The molecule has 5 N–H and O–H groups in total. The Balaban J connectivity index is 1.91. The Kier molecular flexibility index (Phi) is 8.48. The van der Waals surface area contributed by atoms with Crippen molar-refractivity contribution in [3.8, 4) is 0 Å². The summed E-state index contributed by atoms with van der Waals surface area (Å²) < 4.78 is 5.19. The van der Waals surface area contributed by atoms with Gasteiger partial charge in [-0.2, -0.15) is 0 Å². The minimum atomic E-state index is -0.855. The second-order valence-electron chi connectivity index (χ2n) is 6.08. The number of carbonyl (C=O) groups is 3. The third-order valence-electron chi connectivity index (χ3n) is 3.81. The van der Waals surface area contributed by atoms with Gasteiger partial charge in [0.25, 0.3) is 5.91 Å². The summed E-state index contributed by atoms with van der Waals surface area (Å²) >= 11 is 0. The molecule has 8 nitrogen and oxygen atoms in total. The van der Waals surface area contributed by atoms with Crippen LogP contribution in [0.5, 0.6) is 0 Å². The van der Waals surface area contributed by atoms with Gasteiger partial charge >= 0.3 is 6.09 Å². The number of hydrazine groups is 1. The fourth-order valence-corrected chi connectivity index (χ4v) is 2.39. The normalized spacial score (nSPS) is 11.3. The Hall–Kier alpha value is -3.39. The molecule has 148 valence electrons. The van der Waals surface area contributed by atoms with E-state index < -0.39 is 23.9 Å². The Bertz CT molecular complexity index is 768. The van der Waals surface area contributed by atoms with Crippen LogP contribution in [0.1, 0.15) is 17.5 Å². The van der Waals surface area contributed by atoms with Gasteiger partial charge in [-0.05, 0) is 11.1 Å². The van der Waals surface area contributed by atoms with Crippen LogP contribution in [0.25, 0.3) is 0 Å². The summed E-state index contributed by atoms with van der Waals surface area (Å²) in [5, 5.41) is 2.58. The van der Waals surface area contributed by atoms with Gasteiger partial charge in [-0.25, -0.2) is 10.2 Å². The van der Waals surface area contributed by atoms with E-state index in [1.165, 1.54) is 0 Å². The number of nitrogens with two attached hydrogens (primary N) is 1. The fraction of sp³-hybridized carbons (Fsp3) is 0.250. The summed E-state index contributed by atoms with van der Waals surface area (Å²) in [4.78, 5) is 35.3. The molecule has 0 unspecified atom stereocenters. The highest BCUT2D eigenvalue weighted by Crippen LogP contribution is 2.05. The van der Waals surface area contributed by atoms with Gasteiger partial charge in [-0.1, -0.05) is 60.7 Å². The lowest BCUT2D eigenvalue weighted by Crippen LogP contribution is -2.52. The van der Waals surface area contributed by atoms with E-state index in [1.54, 1.807) is 0 Å². The molecule has 28 heavy (non-hydrogen) atoms. The average molecular weight is 384 g/mol. The van der Waals surface area contributed by atoms with Crippen molar-refractivity contribution in [3.63, 3.8) is 0 Å². The van der Waals surface area contributed by atoms with E-state index in [1.807, 2.05) is 60.7 Å². The largest absolute Gasteiger partial charge is 0.445 e. The Morgan fingerprint density at radius 2 is 1.54 bits per heavy atom. The molecule has 2 aromatic carbocycles. The maximum atomic E-state index is 12.4. The molecular formula is C20H24N4O4. The van der Waals surface area contributed by atoms with E-state index in [2.05, 4.69) is 16.2 Å². The molecule has 1 atom stereocenters. The van der Waals surface area contributed by atoms with Gasteiger partial charge in [0, 0.05) is 19.4 Å². The van der Waals surface area contributed by atoms with Gasteiger partial charge in [0.05, 0.1) is 0 Å². The molecule has 0 aromatic heterocycles. The summed E-state index contributed by atoms with van der Waals surface area (Å²) in [6.45, 7) is 0.292. The number of alkyl carbamates (subject to hydrolysis) is 1. The summed E-state index contributed by atoms with van der Waals surface area (Å²) in [6.07, 6.45) is -0.335. The zero-order chi connectivity index (χ0) is 20.2. The summed E-state index contributed by atoms with van der Waals surface area (Å²) in [5.41, 5.74) is 11.9. The van der Waals surface area contributed by atoms with Gasteiger partial charge in [0.1, 0.15) is 12.6 Å². The molecule has 0 aliphatic carbocycles. The van der Waals surface area contributed by atoms with Crippen molar-refractivity contribution < 1.29 is 19.1 Å². The van der Waals surface area contributed by atoms with Crippen LogP contribution < -0.4 is 21.9 Å². The number of carbonyl (C=O) groups excluding carboxylic acids is 3. The highest BCUT2D eigenvalue weighted by Gasteiger charge is 2.22. The minimum Gasteiger partial charge on any atom is -0.445 e. The van der Waals surface area contributed by atoms with Crippen molar-refractivity contribution in [2.75, 3.05) is 6.54 Å². The molecule has 0 saturated carbocycles. The van der Waals surface area contributed by atoms with Crippen LogP contribution in [-0.2, 0) is 27.4 Å². The van der Waals surface area contributed by atoms with E-state index in [0.717, 1.165) is 11.1 Å². The fourth-order valence-electron chi connectivity index (χ4n) is 2.39. The van der Waals surface area contributed by atoms with Crippen molar-refractivity contribution in [2.24, 2.45) is 5.73 Å². The number of rotatable bonds is 10. The zero-order valence-electron chi connectivity index (χ0n) is 15.4. The van der Waals surface area contributed by atoms with Crippen LogP contribution in [0.2, 0.25) is 0 Å². The number of primary amides is 1. The number of amides is 3. The van der Waals surface area contributed by atoms with E-state index >= 15 is 0 Å². The molecule has 0 saturated heterocycles.